The maximum atomic E-state index is 13.5. The molecule has 4 fully saturated rings. The number of benzene rings is 2. The lowest BCUT2D eigenvalue weighted by atomic mass is 9.55. The highest BCUT2D eigenvalue weighted by atomic mass is 32.1. The van der Waals surface area contributed by atoms with Gasteiger partial charge in [0, 0.05) is 16.8 Å². The maximum Gasteiger partial charge on any atom is 0.215 e. The molecule has 30 heavy (non-hydrogen) atoms. The summed E-state index contributed by atoms with van der Waals surface area (Å²) < 4.78 is 15.6. The molecule has 0 N–H and O–H groups in total. The van der Waals surface area contributed by atoms with Crippen LogP contribution in [0.25, 0.3) is 16.9 Å². The molecule has 4 bridgehead atoms. The van der Waals surface area contributed by atoms with Crippen LogP contribution >= 0.6 is 11.3 Å². The van der Waals surface area contributed by atoms with Gasteiger partial charge in [-0.25, -0.2) is 4.39 Å². The Bertz CT molecular complexity index is 1130. The molecule has 2 aromatic carbocycles. The molecule has 1 aromatic heterocycles. The molecule has 152 valence electrons. The van der Waals surface area contributed by atoms with Crippen molar-refractivity contribution < 1.29 is 4.39 Å². The normalized spacial score (nSPS) is 27.6. The number of rotatable bonds is 3. The molecule has 5 heteroatoms. The zero-order valence-corrected chi connectivity index (χ0v) is 17.6. The molecule has 4 aliphatic carbocycles. The van der Waals surface area contributed by atoms with Crippen LogP contribution in [0.15, 0.2) is 70.2 Å². The van der Waals surface area contributed by atoms with E-state index in [-0.39, 0.29) is 5.82 Å². The zero-order chi connectivity index (χ0) is 20.1. The molecule has 4 saturated carbocycles. The largest absolute Gasteiger partial charge is 0.284 e. The van der Waals surface area contributed by atoms with Crippen molar-refractivity contribution in [3.05, 3.63) is 70.6 Å². The summed E-state index contributed by atoms with van der Waals surface area (Å²) in [7, 11) is 0. The molecule has 0 atom stereocenters. The lowest BCUT2D eigenvalue weighted by Crippen LogP contribution is -2.45. The van der Waals surface area contributed by atoms with Crippen molar-refractivity contribution in [1.29, 1.82) is 0 Å². The Hall–Kier alpha value is -2.53. The molecule has 0 aliphatic heterocycles. The molecule has 3 aromatic rings. The van der Waals surface area contributed by atoms with Gasteiger partial charge >= 0.3 is 0 Å². The van der Waals surface area contributed by atoms with Crippen molar-refractivity contribution in [2.45, 2.75) is 32.1 Å². The fourth-order valence-electron chi connectivity index (χ4n) is 5.96. The summed E-state index contributed by atoms with van der Waals surface area (Å²) in [4.78, 5) is 0.863. The number of nitrogens with zero attached hydrogens (tertiary/aromatic N) is 3. The van der Waals surface area contributed by atoms with Crippen LogP contribution in [0, 0.1) is 29.5 Å². The van der Waals surface area contributed by atoms with E-state index in [2.05, 4.69) is 22.1 Å². The van der Waals surface area contributed by atoms with E-state index in [4.69, 9.17) is 10.2 Å². The second-order valence-electron chi connectivity index (χ2n) is 9.01. The molecular formula is C25H24FN3S. The van der Waals surface area contributed by atoms with Gasteiger partial charge in [-0.3, -0.25) is 4.57 Å². The first-order valence-electron chi connectivity index (χ1n) is 10.9. The monoisotopic (exact) mass is 417 g/mol. The molecule has 3 nitrogen and oxygen atoms in total. The minimum Gasteiger partial charge on any atom is -0.284 e. The molecule has 0 unspecified atom stereocenters. The van der Waals surface area contributed by atoms with Crippen molar-refractivity contribution in [3.8, 4) is 16.9 Å². The second-order valence-corrected chi connectivity index (χ2v) is 9.85. The Kier molecular flexibility index (Phi) is 4.45. The summed E-state index contributed by atoms with van der Waals surface area (Å²) in [6, 6.07) is 16.9. The van der Waals surface area contributed by atoms with E-state index in [1.807, 2.05) is 30.3 Å². The van der Waals surface area contributed by atoms with Crippen LogP contribution in [0.4, 0.5) is 4.39 Å². The molecule has 0 saturated heterocycles. The molecule has 7 rings (SSSR count). The smallest absolute Gasteiger partial charge is 0.215 e. The molecule has 4 aliphatic rings. The predicted octanol–water partition coefficient (Wildman–Crippen LogP) is 6.06. The van der Waals surface area contributed by atoms with E-state index < -0.39 is 0 Å². The minimum atomic E-state index is -0.224. The van der Waals surface area contributed by atoms with Crippen LogP contribution in [-0.2, 0) is 0 Å². The van der Waals surface area contributed by atoms with Gasteiger partial charge in [-0.1, -0.05) is 18.2 Å². The summed E-state index contributed by atoms with van der Waals surface area (Å²) >= 11 is 1.59. The summed E-state index contributed by atoms with van der Waals surface area (Å²) in [5.41, 5.74) is 4.37. The number of thiazole rings is 1. The lowest BCUT2D eigenvalue weighted by Gasteiger charge is -2.50. The van der Waals surface area contributed by atoms with Gasteiger partial charge in [-0.15, -0.1) is 16.4 Å². The van der Waals surface area contributed by atoms with Crippen LogP contribution in [0.3, 0.4) is 0 Å². The maximum absolute atomic E-state index is 13.5. The van der Waals surface area contributed by atoms with E-state index in [9.17, 15) is 4.39 Å². The Morgan fingerprint density at radius 2 is 1.47 bits per heavy atom. The van der Waals surface area contributed by atoms with Crippen molar-refractivity contribution >= 4 is 17.0 Å². The van der Waals surface area contributed by atoms with E-state index in [0.717, 1.165) is 33.6 Å². The summed E-state index contributed by atoms with van der Waals surface area (Å²) in [5.74, 6) is 2.91. The molecule has 0 spiro atoms. The quantitative estimate of drug-likeness (QED) is 0.464. The highest BCUT2D eigenvalue weighted by Gasteiger charge is 2.46. The Balaban J connectivity index is 1.45. The third-order valence-corrected chi connectivity index (χ3v) is 7.90. The van der Waals surface area contributed by atoms with Gasteiger partial charge in [0.25, 0.3) is 0 Å². The summed E-state index contributed by atoms with van der Waals surface area (Å²) in [5, 5.41) is 11.8. The lowest BCUT2D eigenvalue weighted by molar-refractivity contribution is 0.108. The highest BCUT2D eigenvalue weighted by molar-refractivity contribution is 7.07. The first kappa shape index (κ1) is 18.3. The van der Waals surface area contributed by atoms with Crippen LogP contribution < -0.4 is 4.80 Å². The highest BCUT2D eigenvalue weighted by Crippen LogP contribution is 2.52. The fraction of sp³-hybridized carbons (Fsp3) is 0.360. The number of aromatic nitrogens is 1. The van der Waals surface area contributed by atoms with Gasteiger partial charge in [0.05, 0.1) is 5.69 Å². The minimum absolute atomic E-state index is 0.224. The Morgan fingerprint density at radius 1 is 0.800 bits per heavy atom. The zero-order valence-electron chi connectivity index (χ0n) is 16.7. The van der Waals surface area contributed by atoms with Gasteiger partial charge < -0.3 is 0 Å². The topological polar surface area (TPSA) is 29.6 Å². The first-order valence-corrected chi connectivity index (χ1v) is 11.8. The van der Waals surface area contributed by atoms with E-state index in [1.54, 1.807) is 11.3 Å². The molecule has 0 amide bonds. The van der Waals surface area contributed by atoms with Crippen molar-refractivity contribution in [1.82, 2.24) is 4.57 Å². The Morgan fingerprint density at radius 3 is 2.13 bits per heavy atom. The van der Waals surface area contributed by atoms with Crippen molar-refractivity contribution in [2.24, 2.45) is 33.9 Å². The average molecular weight is 418 g/mol. The predicted molar refractivity (Wildman–Crippen MR) is 119 cm³/mol. The van der Waals surface area contributed by atoms with Crippen LogP contribution in [0.1, 0.15) is 32.1 Å². The second kappa shape index (κ2) is 7.31. The first-order chi connectivity index (χ1) is 14.7. The van der Waals surface area contributed by atoms with Crippen molar-refractivity contribution in [3.63, 3.8) is 0 Å². The summed E-state index contributed by atoms with van der Waals surface area (Å²) in [6.45, 7) is 0. The van der Waals surface area contributed by atoms with Crippen LogP contribution in [-0.4, -0.2) is 10.3 Å². The number of hydrogen-bond donors (Lipinski definition) is 0. The molecule has 0 radical (unpaired) electrons. The third kappa shape index (κ3) is 3.16. The summed E-state index contributed by atoms with van der Waals surface area (Å²) in [6.07, 6.45) is 6.69. The van der Waals surface area contributed by atoms with Gasteiger partial charge in [-0.05, 0) is 97.7 Å². The Labute approximate surface area is 179 Å². The standard InChI is InChI=1S/C25H24FN3S/c26-21-8-6-18(7-9-21)23-15-30-25(29(23)22-4-2-1-3-5-22)28-27-24-19-11-16-10-17(13-19)14-20(24)12-16/h1-9,15-17,19-20H,10-14H2/b27-24?,28-25+. The third-order valence-electron chi connectivity index (χ3n) is 7.09. The van der Waals surface area contributed by atoms with E-state index >= 15 is 0 Å². The van der Waals surface area contributed by atoms with Gasteiger partial charge in [-0.2, -0.15) is 5.10 Å². The number of hydrogen-bond acceptors (Lipinski definition) is 3. The van der Waals surface area contributed by atoms with Gasteiger partial charge in [0.2, 0.25) is 4.80 Å². The van der Waals surface area contributed by atoms with E-state index in [0.29, 0.717) is 11.8 Å². The van der Waals surface area contributed by atoms with E-state index in [1.165, 1.54) is 49.9 Å². The van der Waals surface area contributed by atoms with Gasteiger partial charge in [0.1, 0.15) is 5.82 Å². The number of para-hydroxylation sites is 1. The van der Waals surface area contributed by atoms with Crippen molar-refractivity contribution in [2.75, 3.05) is 0 Å². The fourth-order valence-corrected chi connectivity index (χ4v) is 6.82. The molecular weight excluding hydrogens is 393 g/mol. The van der Waals surface area contributed by atoms with Gasteiger partial charge in [0.15, 0.2) is 0 Å². The molecule has 1 heterocycles. The SMILES string of the molecule is Fc1ccc(-c2cs/c(=N/N=C3C4CC5CC(C4)CC3C5)n2-c2ccccc2)cc1. The average Bonchev–Trinajstić information content (AvgIpc) is 3.18. The van der Waals surface area contributed by atoms with Crippen LogP contribution in [0.5, 0.6) is 0 Å². The number of halogens is 1. The van der Waals surface area contributed by atoms with Crippen LogP contribution in [0.2, 0.25) is 0 Å².